The van der Waals surface area contributed by atoms with Gasteiger partial charge in [-0.1, -0.05) is 19.9 Å². The van der Waals surface area contributed by atoms with Crippen LogP contribution in [-0.2, 0) is 11.8 Å². The first kappa shape index (κ1) is 14.9. The minimum absolute atomic E-state index is 0.143. The van der Waals surface area contributed by atoms with Crippen molar-refractivity contribution in [2.75, 3.05) is 18.8 Å². The summed E-state index contributed by atoms with van der Waals surface area (Å²) in [5.41, 5.74) is 8.34. The molecule has 2 bridgehead atoms. The second-order valence-corrected chi connectivity index (χ2v) is 7.96. The minimum Gasteiger partial charge on any atom is -0.393 e. The maximum absolute atomic E-state index is 11.6. The molecular weight excluding hydrogens is 290 g/mol. The van der Waals surface area contributed by atoms with Gasteiger partial charge in [-0.2, -0.15) is 0 Å². The van der Waals surface area contributed by atoms with Crippen molar-refractivity contribution in [2.45, 2.75) is 51.0 Å². The van der Waals surface area contributed by atoms with E-state index in [1.165, 1.54) is 19.4 Å². The molecule has 1 aliphatic heterocycles. The molecule has 1 heterocycles. The molecule has 3 aliphatic rings. The molecule has 124 valence electrons. The Morgan fingerprint density at radius 3 is 2.83 bits per heavy atom. The van der Waals surface area contributed by atoms with Crippen LogP contribution >= 0.6 is 0 Å². The zero-order valence-electron chi connectivity index (χ0n) is 13.9. The summed E-state index contributed by atoms with van der Waals surface area (Å²) in [6.07, 6.45) is 4.63. The van der Waals surface area contributed by atoms with Crippen LogP contribution in [0.5, 0.6) is 0 Å². The highest BCUT2D eigenvalue weighted by Crippen LogP contribution is 2.53. The summed E-state index contributed by atoms with van der Waals surface area (Å²) in [7, 11) is 0. The number of nitrogens with zero attached hydrogens (tertiary/aromatic N) is 2. The van der Waals surface area contributed by atoms with E-state index in [0.717, 1.165) is 36.4 Å². The van der Waals surface area contributed by atoms with Crippen LogP contribution in [0.4, 0.5) is 11.4 Å². The van der Waals surface area contributed by atoms with Crippen molar-refractivity contribution in [3.05, 3.63) is 33.4 Å². The van der Waals surface area contributed by atoms with Gasteiger partial charge in [0, 0.05) is 23.6 Å². The number of hydrogen-bond acceptors (Lipinski definition) is 4. The van der Waals surface area contributed by atoms with Crippen LogP contribution in [0.15, 0.2) is 12.1 Å². The quantitative estimate of drug-likeness (QED) is 0.528. The summed E-state index contributed by atoms with van der Waals surface area (Å²) in [6.45, 7) is 6.74. The van der Waals surface area contributed by atoms with Gasteiger partial charge >= 0.3 is 0 Å². The summed E-state index contributed by atoms with van der Waals surface area (Å²) in [5.74, 6) is 1.30. The Morgan fingerprint density at radius 2 is 2.17 bits per heavy atom. The Balaban J connectivity index is 1.80. The number of nitrogen functional groups attached to an aromatic ring is 1. The number of likely N-dealkylation sites (tertiary alicyclic amines) is 1. The average molecular weight is 315 g/mol. The minimum atomic E-state index is -0.275. The number of nitro groups is 1. The molecule has 1 saturated carbocycles. The van der Waals surface area contributed by atoms with Gasteiger partial charge in [0.1, 0.15) is 5.69 Å². The molecule has 2 aliphatic carbocycles. The summed E-state index contributed by atoms with van der Waals surface area (Å²) in [5, 5.41) is 11.6. The summed E-state index contributed by atoms with van der Waals surface area (Å²) >= 11 is 0. The third-order valence-electron chi connectivity index (χ3n) is 6.64. The van der Waals surface area contributed by atoms with Gasteiger partial charge in [0.25, 0.3) is 5.69 Å². The molecule has 1 saturated heterocycles. The summed E-state index contributed by atoms with van der Waals surface area (Å²) in [4.78, 5) is 14.0. The molecule has 2 N–H and O–H groups in total. The smallest absolute Gasteiger partial charge is 0.296 e. The lowest BCUT2D eigenvalue weighted by Crippen LogP contribution is -2.58. The second kappa shape index (κ2) is 4.94. The Bertz CT molecular complexity index is 670. The molecule has 0 spiro atoms. The predicted molar refractivity (Wildman–Crippen MR) is 90.4 cm³/mol. The van der Waals surface area contributed by atoms with Crippen molar-refractivity contribution >= 4 is 11.4 Å². The zero-order valence-corrected chi connectivity index (χ0v) is 13.9. The lowest BCUT2D eigenvalue weighted by Gasteiger charge is -2.54. The highest BCUT2D eigenvalue weighted by molar-refractivity contribution is 5.68. The predicted octanol–water partition coefficient (Wildman–Crippen LogP) is 3.11. The largest absolute Gasteiger partial charge is 0.393 e. The summed E-state index contributed by atoms with van der Waals surface area (Å²) in [6, 6.07) is 4.25. The lowest BCUT2D eigenvalue weighted by molar-refractivity contribution is -0.385. The Morgan fingerprint density at radius 1 is 1.43 bits per heavy atom. The first-order chi connectivity index (χ1) is 10.9. The van der Waals surface area contributed by atoms with Crippen LogP contribution in [0.1, 0.15) is 44.2 Å². The highest BCUT2D eigenvalue weighted by atomic mass is 16.6. The van der Waals surface area contributed by atoms with E-state index in [-0.39, 0.29) is 16.0 Å². The van der Waals surface area contributed by atoms with Crippen molar-refractivity contribution < 1.29 is 4.92 Å². The third kappa shape index (κ3) is 2.17. The lowest BCUT2D eigenvalue weighted by atomic mass is 9.58. The first-order valence-corrected chi connectivity index (χ1v) is 8.72. The van der Waals surface area contributed by atoms with E-state index >= 15 is 0 Å². The summed E-state index contributed by atoms with van der Waals surface area (Å²) < 4.78 is 0. The van der Waals surface area contributed by atoms with Gasteiger partial charge in [0.05, 0.1) is 4.92 Å². The van der Waals surface area contributed by atoms with Crippen molar-refractivity contribution in [1.29, 1.82) is 0 Å². The van der Waals surface area contributed by atoms with E-state index in [4.69, 9.17) is 5.73 Å². The standard InChI is InChI=1S/C18H25N3O2/c1-11-15-9-13-5-6-14(19)17(21(22)23)16(13)18(11,2)7-8-20(15)10-12-3-4-12/h5-6,11-12,15H,3-4,7-10,19H2,1-2H3/t11?,15-,18-/m0/s1. The Labute approximate surface area is 137 Å². The van der Waals surface area contributed by atoms with Gasteiger partial charge in [-0.25, -0.2) is 0 Å². The van der Waals surface area contributed by atoms with E-state index in [0.29, 0.717) is 17.6 Å². The first-order valence-electron chi connectivity index (χ1n) is 8.72. The molecule has 0 radical (unpaired) electrons. The van der Waals surface area contributed by atoms with Crippen molar-refractivity contribution in [2.24, 2.45) is 11.8 Å². The van der Waals surface area contributed by atoms with Gasteiger partial charge in [-0.05, 0) is 55.7 Å². The molecule has 0 aromatic heterocycles. The maximum atomic E-state index is 11.6. The molecular formula is C18H25N3O2. The SMILES string of the molecule is CC1[C@@H]2Cc3ccc(N)c([N+](=O)[O-])c3[C@@]1(C)CCN2CC1CC1. The van der Waals surface area contributed by atoms with Crippen molar-refractivity contribution in [1.82, 2.24) is 4.90 Å². The van der Waals surface area contributed by atoms with Gasteiger partial charge < -0.3 is 5.73 Å². The zero-order chi connectivity index (χ0) is 16.4. The fourth-order valence-electron chi connectivity index (χ4n) is 4.91. The van der Waals surface area contributed by atoms with E-state index in [1.54, 1.807) is 6.07 Å². The third-order valence-corrected chi connectivity index (χ3v) is 6.64. The molecule has 2 fully saturated rings. The van der Waals surface area contributed by atoms with Crippen LogP contribution < -0.4 is 5.73 Å². The molecule has 3 atom stereocenters. The number of hydrogen-bond donors (Lipinski definition) is 1. The van der Waals surface area contributed by atoms with Crippen LogP contribution in [0.2, 0.25) is 0 Å². The molecule has 5 nitrogen and oxygen atoms in total. The van der Waals surface area contributed by atoms with Gasteiger partial charge in [-0.3, -0.25) is 15.0 Å². The van der Waals surface area contributed by atoms with Gasteiger partial charge in [-0.15, -0.1) is 0 Å². The topological polar surface area (TPSA) is 72.4 Å². The van der Waals surface area contributed by atoms with Crippen molar-refractivity contribution in [3.63, 3.8) is 0 Å². The van der Waals surface area contributed by atoms with E-state index in [1.807, 2.05) is 6.07 Å². The highest BCUT2D eigenvalue weighted by Gasteiger charge is 2.52. The van der Waals surface area contributed by atoms with Crippen LogP contribution in [0, 0.1) is 22.0 Å². The molecule has 1 aromatic rings. The van der Waals surface area contributed by atoms with Gasteiger partial charge in [0.15, 0.2) is 0 Å². The van der Waals surface area contributed by atoms with E-state index in [9.17, 15) is 10.1 Å². The monoisotopic (exact) mass is 315 g/mol. The Hall–Kier alpha value is -1.62. The molecule has 5 heteroatoms. The normalized spacial score (nSPS) is 33.3. The maximum Gasteiger partial charge on any atom is 0.296 e. The van der Waals surface area contributed by atoms with E-state index in [2.05, 4.69) is 18.7 Å². The number of nitrogens with two attached hydrogens (primary N) is 1. The molecule has 1 aromatic carbocycles. The van der Waals surface area contributed by atoms with Crippen molar-refractivity contribution in [3.8, 4) is 0 Å². The molecule has 0 amide bonds. The van der Waals surface area contributed by atoms with Crippen LogP contribution in [0.25, 0.3) is 0 Å². The van der Waals surface area contributed by atoms with Crippen LogP contribution in [0.3, 0.4) is 0 Å². The number of benzene rings is 1. The fourth-order valence-corrected chi connectivity index (χ4v) is 4.91. The van der Waals surface area contributed by atoms with E-state index < -0.39 is 0 Å². The molecule has 23 heavy (non-hydrogen) atoms. The number of piperidine rings is 1. The molecule has 4 rings (SSSR count). The number of fused-ring (bicyclic) bond motifs is 4. The molecule has 1 unspecified atom stereocenters. The van der Waals surface area contributed by atoms with Crippen LogP contribution in [-0.4, -0.2) is 29.0 Å². The fraction of sp³-hybridized carbons (Fsp3) is 0.667. The average Bonchev–Trinajstić information content (AvgIpc) is 3.30. The van der Waals surface area contributed by atoms with Gasteiger partial charge in [0.2, 0.25) is 0 Å². The number of rotatable bonds is 3. The second-order valence-electron chi connectivity index (χ2n) is 7.96. The number of nitro benzene ring substituents is 1. The number of anilines is 1. The Kier molecular flexibility index (Phi) is 3.21.